The van der Waals surface area contributed by atoms with Gasteiger partial charge in [0.1, 0.15) is 5.60 Å². The molecule has 9 heteroatoms. The lowest BCUT2D eigenvalue weighted by Gasteiger charge is -2.20. The second-order valence-electron chi connectivity index (χ2n) is 11.8. The van der Waals surface area contributed by atoms with Crippen molar-refractivity contribution in [2.45, 2.75) is 85.1 Å². The van der Waals surface area contributed by atoms with Crippen molar-refractivity contribution in [2.24, 2.45) is 0 Å². The molecular weight excluding hydrogens is 538 g/mol. The smallest absolute Gasteiger partial charge is 0.344 e. The molecule has 0 saturated carbocycles. The van der Waals surface area contributed by atoms with E-state index < -0.39 is 21.6 Å². The highest BCUT2D eigenvalue weighted by Crippen LogP contribution is 2.31. The van der Waals surface area contributed by atoms with Crippen molar-refractivity contribution in [3.63, 3.8) is 0 Å². The largest absolute Gasteiger partial charge is 0.465 e. The molecule has 1 aromatic carbocycles. The number of fused-ring (bicyclic) bond motifs is 1. The molecule has 4 aromatic rings. The van der Waals surface area contributed by atoms with E-state index in [1.165, 1.54) is 3.97 Å². The molecule has 0 radical (unpaired) electrons. The van der Waals surface area contributed by atoms with Crippen LogP contribution >= 0.6 is 0 Å². The monoisotopic (exact) mass is 577 g/mol. The maximum absolute atomic E-state index is 13.6. The Hall–Kier alpha value is -3.72. The Kier molecular flexibility index (Phi) is 8.32. The summed E-state index contributed by atoms with van der Waals surface area (Å²) in [5.74, 6) is 0.0230. The lowest BCUT2D eigenvalue weighted by Crippen LogP contribution is -2.27. The van der Waals surface area contributed by atoms with Gasteiger partial charge >= 0.3 is 5.97 Å². The van der Waals surface area contributed by atoms with Crippen LogP contribution in [0.2, 0.25) is 0 Å². The fourth-order valence-corrected chi connectivity index (χ4v) is 6.09. The summed E-state index contributed by atoms with van der Waals surface area (Å²) in [5.41, 5.74) is 6.93. The molecule has 0 aliphatic rings. The Labute approximate surface area is 242 Å². The van der Waals surface area contributed by atoms with Gasteiger partial charge < -0.3 is 9.47 Å². The van der Waals surface area contributed by atoms with Crippen molar-refractivity contribution in [2.75, 3.05) is 6.61 Å². The average molecular weight is 578 g/mol. The number of carbonyl (C=O) groups excluding carboxylic acids is 1. The number of ether oxygens (including phenoxy) is 2. The van der Waals surface area contributed by atoms with Gasteiger partial charge in [-0.15, -0.1) is 0 Å². The van der Waals surface area contributed by atoms with Crippen LogP contribution in [0.15, 0.2) is 47.5 Å². The van der Waals surface area contributed by atoms with Crippen LogP contribution in [0, 0.1) is 27.7 Å². The summed E-state index contributed by atoms with van der Waals surface area (Å²) < 4.78 is 39.6. The molecule has 3 aromatic heterocycles. The van der Waals surface area contributed by atoms with Gasteiger partial charge in [-0.05, 0) is 95.3 Å². The Bertz CT molecular complexity index is 1710. The van der Waals surface area contributed by atoms with E-state index in [9.17, 15) is 13.2 Å². The van der Waals surface area contributed by atoms with Crippen molar-refractivity contribution in [3.8, 4) is 5.88 Å². The molecule has 0 amide bonds. The Morgan fingerprint density at radius 1 is 0.951 bits per heavy atom. The molecule has 41 heavy (non-hydrogen) atoms. The quantitative estimate of drug-likeness (QED) is 0.225. The fourth-order valence-electron chi connectivity index (χ4n) is 4.73. The summed E-state index contributed by atoms with van der Waals surface area (Å²) in [6.45, 7) is 17.0. The number of esters is 1. The number of carbonyl (C=O) groups is 1. The third-order valence-electron chi connectivity index (χ3n) is 7.05. The highest BCUT2D eigenvalue weighted by molar-refractivity contribution is 7.90. The lowest BCUT2D eigenvalue weighted by molar-refractivity contribution is -0.157. The molecule has 0 aliphatic heterocycles. The number of hydrogen-bond acceptors (Lipinski definition) is 7. The molecular formula is C32H39N3O5S. The van der Waals surface area contributed by atoms with Gasteiger partial charge in [-0.1, -0.05) is 31.5 Å². The Morgan fingerprint density at radius 2 is 1.61 bits per heavy atom. The van der Waals surface area contributed by atoms with E-state index in [2.05, 4.69) is 4.98 Å². The highest BCUT2D eigenvalue weighted by atomic mass is 32.2. The summed E-state index contributed by atoms with van der Waals surface area (Å²) in [5, 5.41) is 0. The molecule has 8 nitrogen and oxygen atoms in total. The maximum atomic E-state index is 13.6. The second-order valence-corrected chi connectivity index (χ2v) is 13.6. The summed E-state index contributed by atoms with van der Waals surface area (Å²) in [6, 6.07) is 10.6. The summed E-state index contributed by atoms with van der Waals surface area (Å²) >= 11 is 0. The van der Waals surface area contributed by atoms with Gasteiger partial charge in [0.25, 0.3) is 10.0 Å². The minimum Gasteiger partial charge on any atom is -0.465 e. The fraction of sp³-hybridized carbons (Fsp3) is 0.406. The maximum Gasteiger partial charge on any atom is 0.344 e. The van der Waals surface area contributed by atoms with Crippen LogP contribution in [0.1, 0.15) is 79.7 Å². The van der Waals surface area contributed by atoms with E-state index in [-0.39, 0.29) is 17.4 Å². The van der Waals surface area contributed by atoms with E-state index in [0.717, 1.165) is 39.2 Å². The Morgan fingerprint density at radius 3 is 2.22 bits per heavy atom. The molecule has 0 saturated heterocycles. The van der Waals surface area contributed by atoms with Crippen LogP contribution in [-0.4, -0.2) is 40.5 Å². The van der Waals surface area contributed by atoms with E-state index in [1.54, 1.807) is 30.5 Å². The van der Waals surface area contributed by atoms with Crippen molar-refractivity contribution < 1.29 is 22.7 Å². The summed E-state index contributed by atoms with van der Waals surface area (Å²) in [7, 11) is -3.79. The number of hydrogen-bond donors (Lipinski definition) is 0. The number of pyridine rings is 2. The normalized spacial score (nSPS) is 12.2. The summed E-state index contributed by atoms with van der Waals surface area (Å²) in [4.78, 5) is 22.0. The first-order valence-electron chi connectivity index (χ1n) is 13.7. The first-order chi connectivity index (χ1) is 19.1. The minimum atomic E-state index is -3.79. The molecule has 0 atom stereocenters. The number of nitrogens with zero attached hydrogens (tertiary/aromatic N) is 3. The van der Waals surface area contributed by atoms with E-state index >= 15 is 0 Å². The number of rotatable bonds is 8. The molecule has 0 aliphatic carbocycles. The molecule has 4 rings (SSSR count). The van der Waals surface area contributed by atoms with Crippen LogP contribution in [0.5, 0.6) is 5.88 Å². The van der Waals surface area contributed by atoms with Gasteiger partial charge in [0.05, 0.1) is 15.9 Å². The molecule has 218 valence electrons. The van der Waals surface area contributed by atoms with Crippen molar-refractivity contribution >= 4 is 27.0 Å². The van der Waals surface area contributed by atoms with Gasteiger partial charge in [0.2, 0.25) is 5.88 Å². The first kappa shape index (κ1) is 30.2. The zero-order chi connectivity index (χ0) is 30.3. The number of benzene rings is 1. The zero-order valence-electron chi connectivity index (χ0n) is 25.3. The third kappa shape index (κ3) is 6.45. The van der Waals surface area contributed by atoms with Crippen LogP contribution in [0.4, 0.5) is 0 Å². The molecule has 0 unspecified atom stereocenters. The first-order valence-corrected chi connectivity index (χ1v) is 15.2. The van der Waals surface area contributed by atoms with E-state index in [4.69, 9.17) is 14.5 Å². The van der Waals surface area contributed by atoms with Gasteiger partial charge in [-0.25, -0.2) is 22.2 Å². The van der Waals surface area contributed by atoms with Crippen LogP contribution in [0.3, 0.4) is 0 Å². The van der Waals surface area contributed by atoms with Crippen LogP contribution in [0.25, 0.3) is 11.0 Å². The van der Waals surface area contributed by atoms with Gasteiger partial charge in [-0.2, -0.15) is 0 Å². The van der Waals surface area contributed by atoms with Gasteiger partial charge in [0, 0.05) is 29.6 Å². The predicted octanol–water partition coefficient (Wildman–Crippen LogP) is 6.34. The SMILES string of the molecule is Cc1ccc(S(=O)(=O)n2cc(C(C)C)c3nc(Cc4c(C)nc(OCC(=O)OC(C)(C)C)c(C)c4C)ccc32)cc1. The predicted molar refractivity (Wildman–Crippen MR) is 160 cm³/mol. The molecule has 0 bridgehead atoms. The van der Waals surface area contributed by atoms with Crippen molar-refractivity contribution in [1.82, 2.24) is 13.9 Å². The topological polar surface area (TPSA) is 100 Å². The molecule has 3 heterocycles. The lowest BCUT2D eigenvalue weighted by atomic mass is 9.98. The highest BCUT2D eigenvalue weighted by Gasteiger charge is 2.24. The van der Waals surface area contributed by atoms with Crippen LogP contribution < -0.4 is 4.74 Å². The average Bonchev–Trinajstić information content (AvgIpc) is 3.27. The second kappa shape index (κ2) is 11.3. The van der Waals surface area contributed by atoms with E-state index in [0.29, 0.717) is 23.3 Å². The van der Waals surface area contributed by atoms with Crippen LogP contribution in [-0.2, 0) is 26.0 Å². The number of aromatic nitrogens is 3. The van der Waals surface area contributed by atoms with Crippen molar-refractivity contribution in [1.29, 1.82) is 0 Å². The van der Waals surface area contributed by atoms with Gasteiger partial charge in [-0.3, -0.25) is 4.98 Å². The minimum absolute atomic E-state index is 0.0727. The summed E-state index contributed by atoms with van der Waals surface area (Å²) in [6.07, 6.45) is 2.21. The van der Waals surface area contributed by atoms with Gasteiger partial charge in [0.15, 0.2) is 6.61 Å². The third-order valence-corrected chi connectivity index (χ3v) is 8.73. The Balaban J connectivity index is 1.67. The number of aryl methyl sites for hydroxylation is 2. The standard InChI is InChI=1S/C32H39N3O5S/c1-19(2)27-17-35(41(37,38)25-13-10-20(3)11-14-25)28-15-12-24(34-30(27)28)16-26-21(4)22(5)31(33-23(26)6)39-18-29(36)40-32(7,8)9/h10-15,17,19H,16,18H2,1-9H3. The molecule has 0 fully saturated rings. The zero-order valence-corrected chi connectivity index (χ0v) is 26.1. The molecule has 0 N–H and O–H groups in total. The van der Waals surface area contributed by atoms with Crippen molar-refractivity contribution in [3.05, 3.63) is 81.8 Å². The molecule has 0 spiro atoms. The van der Waals surface area contributed by atoms with E-state index in [1.807, 2.05) is 74.4 Å².